The average Bonchev–Trinajstić information content (AvgIpc) is 3.53. The van der Waals surface area contributed by atoms with Crippen molar-refractivity contribution in [2.45, 2.75) is 44.7 Å². The van der Waals surface area contributed by atoms with E-state index in [1.165, 1.54) is 39.0 Å². The molecular formula is C32H38ClN9. The summed E-state index contributed by atoms with van der Waals surface area (Å²) in [4.78, 5) is 19.0. The van der Waals surface area contributed by atoms with Crippen molar-refractivity contribution in [1.82, 2.24) is 33.9 Å². The summed E-state index contributed by atoms with van der Waals surface area (Å²) in [6.07, 6.45) is 8.57. The first-order valence-electron chi connectivity index (χ1n) is 14.9. The van der Waals surface area contributed by atoms with Crippen molar-refractivity contribution < 1.29 is 0 Å². The molecule has 2 fully saturated rings. The summed E-state index contributed by atoms with van der Waals surface area (Å²) in [6.45, 7) is 6.74. The number of benzene rings is 2. The number of imidazole rings is 1. The maximum atomic E-state index is 6.48. The highest BCUT2D eigenvalue weighted by atomic mass is 35.5. The molecular weight excluding hydrogens is 546 g/mol. The van der Waals surface area contributed by atoms with E-state index in [2.05, 4.69) is 68.2 Å². The number of aromatic nitrogens is 5. The van der Waals surface area contributed by atoms with Gasteiger partial charge in [-0.05, 0) is 75.0 Å². The number of anilines is 3. The van der Waals surface area contributed by atoms with Gasteiger partial charge in [0.25, 0.3) is 0 Å². The third-order valence-corrected chi connectivity index (χ3v) is 9.58. The minimum absolute atomic E-state index is 0.410. The van der Waals surface area contributed by atoms with Crippen LogP contribution >= 0.6 is 11.6 Å². The highest BCUT2D eigenvalue weighted by Crippen LogP contribution is 2.39. The van der Waals surface area contributed by atoms with Crippen LogP contribution in [0.5, 0.6) is 0 Å². The van der Waals surface area contributed by atoms with E-state index in [0.717, 1.165) is 63.2 Å². The van der Waals surface area contributed by atoms with Gasteiger partial charge in [-0.3, -0.25) is 4.90 Å². The van der Waals surface area contributed by atoms with E-state index in [1.807, 2.05) is 24.6 Å². The van der Waals surface area contributed by atoms with E-state index in [0.29, 0.717) is 22.9 Å². The van der Waals surface area contributed by atoms with Gasteiger partial charge in [-0.25, -0.2) is 15.0 Å². The normalized spacial score (nSPS) is 20.5. The molecule has 1 saturated heterocycles. The Hall–Kier alpha value is -3.66. The first-order chi connectivity index (χ1) is 20.4. The molecule has 2 aromatic carbocycles. The van der Waals surface area contributed by atoms with Crippen LogP contribution in [0.15, 0.2) is 48.9 Å². The minimum atomic E-state index is 0.410. The van der Waals surface area contributed by atoms with E-state index in [1.54, 1.807) is 6.33 Å². The van der Waals surface area contributed by atoms with Gasteiger partial charge in [0, 0.05) is 62.8 Å². The molecule has 218 valence electrons. The third kappa shape index (κ3) is 4.89. The van der Waals surface area contributed by atoms with Crippen LogP contribution < -0.4 is 11.1 Å². The lowest BCUT2D eigenvalue weighted by Gasteiger charge is -2.41. The van der Waals surface area contributed by atoms with Crippen molar-refractivity contribution in [2.24, 2.45) is 7.05 Å². The highest BCUT2D eigenvalue weighted by molar-refractivity contribution is 6.35. The first-order valence-corrected chi connectivity index (χ1v) is 15.3. The van der Waals surface area contributed by atoms with Crippen LogP contribution in [0.4, 0.5) is 17.5 Å². The Bertz CT molecular complexity index is 1740. The number of nitrogens with two attached hydrogens (primary N) is 1. The fraction of sp³-hybridized carbons (Fsp3) is 0.406. The molecule has 42 heavy (non-hydrogen) atoms. The van der Waals surface area contributed by atoms with E-state index >= 15 is 0 Å². The molecule has 0 radical (unpaired) electrons. The third-order valence-electron chi connectivity index (χ3n) is 9.29. The van der Waals surface area contributed by atoms with Crippen LogP contribution in [0.3, 0.4) is 0 Å². The number of halogens is 1. The predicted molar refractivity (Wildman–Crippen MR) is 171 cm³/mol. The number of nitrogens with zero attached hydrogens (tertiary/aromatic N) is 7. The smallest absolute Gasteiger partial charge is 0.208 e. The van der Waals surface area contributed by atoms with Crippen molar-refractivity contribution >= 4 is 51.1 Å². The lowest BCUT2D eigenvalue weighted by Crippen LogP contribution is -2.49. The fourth-order valence-corrected chi connectivity index (χ4v) is 7.16. The molecule has 1 aliphatic heterocycles. The van der Waals surface area contributed by atoms with Crippen molar-refractivity contribution in [2.75, 3.05) is 44.3 Å². The van der Waals surface area contributed by atoms with Gasteiger partial charge in [0.2, 0.25) is 5.95 Å². The van der Waals surface area contributed by atoms with E-state index in [-0.39, 0.29) is 0 Å². The summed E-state index contributed by atoms with van der Waals surface area (Å²) >= 11 is 6.48. The molecule has 0 unspecified atom stereocenters. The molecule has 3 aromatic heterocycles. The lowest BCUT2D eigenvalue weighted by molar-refractivity contribution is 0.0828. The monoisotopic (exact) mass is 583 g/mol. The number of aryl methyl sites for hydroxylation is 2. The topological polar surface area (TPSA) is 93.1 Å². The maximum absolute atomic E-state index is 6.48. The number of likely N-dealkylation sites (N-methyl/N-ethyl adjacent to an activating group) is 1. The molecule has 3 N–H and O–H groups in total. The summed E-state index contributed by atoms with van der Waals surface area (Å²) in [6, 6.07) is 13.5. The predicted octanol–water partition coefficient (Wildman–Crippen LogP) is 6.00. The zero-order valence-electron chi connectivity index (χ0n) is 24.5. The van der Waals surface area contributed by atoms with Gasteiger partial charge < -0.3 is 25.1 Å². The van der Waals surface area contributed by atoms with E-state index in [9.17, 15) is 0 Å². The van der Waals surface area contributed by atoms with Gasteiger partial charge in [-0.1, -0.05) is 23.7 Å². The zero-order valence-corrected chi connectivity index (χ0v) is 25.3. The summed E-state index contributed by atoms with van der Waals surface area (Å²) in [5, 5.41) is 5.05. The Balaban J connectivity index is 1.13. The Morgan fingerprint density at radius 2 is 1.64 bits per heavy atom. The van der Waals surface area contributed by atoms with E-state index in [4.69, 9.17) is 27.3 Å². The van der Waals surface area contributed by atoms with E-state index < -0.39 is 0 Å². The first kappa shape index (κ1) is 27.2. The molecule has 0 atom stereocenters. The van der Waals surface area contributed by atoms with Crippen molar-refractivity contribution in [3.05, 3.63) is 59.5 Å². The number of piperazine rings is 1. The molecule has 7 rings (SSSR count). The summed E-state index contributed by atoms with van der Waals surface area (Å²) in [5.41, 5.74) is 13.4. The van der Waals surface area contributed by atoms with Crippen LogP contribution in [-0.4, -0.2) is 73.2 Å². The SMILES string of the molecule is Cc1cc(Cl)c2nc(Nc3ccc(-c4cn([C@H]5CC[C@H](N6CCN(C)CC6)CC5)c5ncnc(N)c45)cc3)n(C)c2c1. The summed E-state index contributed by atoms with van der Waals surface area (Å²) in [5.74, 6) is 1.26. The lowest BCUT2D eigenvalue weighted by atomic mass is 9.89. The maximum Gasteiger partial charge on any atom is 0.208 e. The summed E-state index contributed by atoms with van der Waals surface area (Å²) in [7, 11) is 4.22. The number of hydrogen-bond donors (Lipinski definition) is 2. The Kier molecular flexibility index (Phi) is 7.04. The molecule has 2 aliphatic rings. The molecule has 10 heteroatoms. The number of hydrogen-bond acceptors (Lipinski definition) is 7. The Labute approximate surface area is 251 Å². The van der Waals surface area contributed by atoms with Crippen molar-refractivity contribution in [3.8, 4) is 11.1 Å². The van der Waals surface area contributed by atoms with Crippen LogP contribution in [0.25, 0.3) is 33.2 Å². The highest BCUT2D eigenvalue weighted by Gasteiger charge is 2.30. The molecule has 1 saturated carbocycles. The average molecular weight is 584 g/mol. The zero-order chi connectivity index (χ0) is 29.0. The molecule has 0 spiro atoms. The van der Waals surface area contributed by atoms with Crippen molar-refractivity contribution in [1.29, 1.82) is 0 Å². The standard InChI is InChI=1S/C32H38ClN9/c1-20-16-26(33)29-27(17-20)40(3)32(38-29)37-22-6-4-21(5-7-22)25-18-42(31-28(25)30(34)35-19-36-31)24-10-8-23(9-11-24)41-14-12-39(2)13-15-41/h4-7,16-19,23-24H,8-15H2,1-3H3,(H,37,38)(H2,34,35,36)/t23-,24-. The van der Waals surface area contributed by atoms with Gasteiger partial charge in [-0.15, -0.1) is 0 Å². The van der Waals surface area contributed by atoms with Gasteiger partial charge >= 0.3 is 0 Å². The minimum Gasteiger partial charge on any atom is -0.383 e. The molecule has 1 aliphatic carbocycles. The molecule has 9 nitrogen and oxygen atoms in total. The molecule has 4 heterocycles. The molecule has 0 bridgehead atoms. The van der Waals surface area contributed by atoms with Crippen LogP contribution in [0.1, 0.15) is 37.3 Å². The van der Waals surface area contributed by atoms with Gasteiger partial charge in [0.05, 0.1) is 15.9 Å². The number of rotatable bonds is 5. The Morgan fingerprint density at radius 1 is 0.929 bits per heavy atom. The number of nitrogens with one attached hydrogen (secondary N) is 1. The number of fused-ring (bicyclic) bond motifs is 2. The number of nitrogen functional groups attached to an aromatic ring is 1. The van der Waals surface area contributed by atoms with Gasteiger partial charge in [0.1, 0.15) is 23.3 Å². The quantitative estimate of drug-likeness (QED) is 0.262. The second kappa shape index (κ2) is 10.9. The second-order valence-electron chi connectivity index (χ2n) is 12.0. The fourth-order valence-electron chi connectivity index (χ4n) is 6.85. The Morgan fingerprint density at radius 3 is 2.38 bits per heavy atom. The van der Waals surface area contributed by atoms with Gasteiger partial charge in [0.15, 0.2) is 0 Å². The largest absolute Gasteiger partial charge is 0.383 e. The molecule has 0 amide bonds. The van der Waals surface area contributed by atoms with Gasteiger partial charge in [-0.2, -0.15) is 0 Å². The van der Waals surface area contributed by atoms with Crippen LogP contribution in [0.2, 0.25) is 5.02 Å². The summed E-state index contributed by atoms with van der Waals surface area (Å²) < 4.78 is 4.40. The molecule has 5 aromatic rings. The van der Waals surface area contributed by atoms with Crippen LogP contribution in [-0.2, 0) is 7.05 Å². The van der Waals surface area contributed by atoms with Crippen molar-refractivity contribution in [3.63, 3.8) is 0 Å². The van der Waals surface area contributed by atoms with Crippen LogP contribution in [0, 0.1) is 6.92 Å². The second-order valence-corrected chi connectivity index (χ2v) is 12.4.